The lowest BCUT2D eigenvalue weighted by atomic mass is 9.84. The summed E-state index contributed by atoms with van der Waals surface area (Å²) >= 11 is 0. The van der Waals surface area contributed by atoms with Crippen molar-refractivity contribution in [1.82, 2.24) is 29.5 Å². The van der Waals surface area contributed by atoms with Crippen LogP contribution in [-0.4, -0.2) is 55.1 Å². The lowest BCUT2D eigenvalue weighted by molar-refractivity contribution is 0.0455. The van der Waals surface area contributed by atoms with Gasteiger partial charge in [-0.15, -0.1) is 0 Å². The van der Waals surface area contributed by atoms with Gasteiger partial charge in [-0.2, -0.15) is 0 Å². The van der Waals surface area contributed by atoms with Gasteiger partial charge in [-0.05, 0) is 31.2 Å². The van der Waals surface area contributed by atoms with Crippen LogP contribution < -0.4 is 5.56 Å². The zero-order valence-corrected chi connectivity index (χ0v) is 20.8. The van der Waals surface area contributed by atoms with Crippen molar-refractivity contribution in [3.05, 3.63) is 69.9 Å². The topological polar surface area (TPSA) is 96.2 Å². The Bertz CT molecular complexity index is 1510. The van der Waals surface area contributed by atoms with Crippen molar-refractivity contribution < 1.29 is 9.18 Å². The quantitative estimate of drug-likeness (QED) is 0.434. The summed E-state index contributed by atoms with van der Waals surface area (Å²) in [6.07, 6.45) is 9.43. The van der Waals surface area contributed by atoms with E-state index < -0.39 is 6.67 Å². The van der Waals surface area contributed by atoms with Crippen molar-refractivity contribution in [3.63, 3.8) is 0 Å². The van der Waals surface area contributed by atoms with Crippen LogP contribution in [0.15, 0.2) is 47.5 Å². The van der Waals surface area contributed by atoms with Gasteiger partial charge in [0.05, 0.1) is 30.0 Å². The molecule has 1 saturated carbocycles. The Hall–Kier alpha value is -3.88. The van der Waals surface area contributed by atoms with E-state index >= 15 is 0 Å². The number of aromatic amines is 1. The van der Waals surface area contributed by atoms with E-state index in [1.165, 1.54) is 48.2 Å². The lowest BCUT2D eigenvalue weighted by Gasteiger charge is -2.37. The third kappa shape index (κ3) is 4.32. The maximum Gasteiger partial charge on any atom is 0.273 e. The minimum absolute atomic E-state index is 0.162. The molecule has 1 aliphatic carbocycles. The summed E-state index contributed by atoms with van der Waals surface area (Å²) in [6.45, 7) is 2.00. The number of fused-ring (bicyclic) bond motifs is 1. The maximum atomic E-state index is 13.6. The fourth-order valence-corrected chi connectivity index (χ4v) is 5.51. The summed E-state index contributed by atoms with van der Waals surface area (Å²) in [5.74, 6) is 0.115. The standard InChI is InChI=1S/C28H29FN6O2/c1-17-13-30-14-23(31-17)26-25(28(37)34-15-18(12-29)16-34)27-32-22(11-24(36)35(27)33-26)21-9-7-20(8-10-21)19-5-3-2-4-6-19/h7-11,13-14,18-19,33H,2-6,12,15-16H2,1H3. The third-order valence-electron chi connectivity index (χ3n) is 7.59. The first-order chi connectivity index (χ1) is 18.0. The Labute approximate surface area is 213 Å². The molecule has 0 radical (unpaired) electrons. The minimum atomic E-state index is -0.466. The molecule has 190 valence electrons. The Balaban J connectivity index is 1.44. The number of H-pyrrole nitrogens is 1. The molecule has 2 aliphatic rings. The number of aromatic nitrogens is 5. The summed E-state index contributed by atoms with van der Waals surface area (Å²) in [5.41, 5.74) is 4.27. The summed E-state index contributed by atoms with van der Waals surface area (Å²) in [7, 11) is 0. The molecule has 37 heavy (non-hydrogen) atoms. The highest BCUT2D eigenvalue weighted by Crippen LogP contribution is 2.34. The molecule has 0 unspecified atom stereocenters. The first-order valence-corrected chi connectivity index (χ1v) is 12.9. The van der Waals surface area contributed by atoms with E-state index in [2.05, 4.69) is 27.2 Å². The Morgan fingerprint density at radius 2 is 1.81 bits per heavy atom. The number of hydrogen-bond donors (Lipinski definition) is 1. The normalized spacial score (nSPS) is 16.8. The van der Waals surface area contributed by atoms with Crippen LogP contribution in [0.1, 0.15) is 59.6 Å². The molecule has 3 aromatic heterocycles. The molecular formula is C28H29FN6O2. The smallest absolute Gasteiger partial charge is 0.273 e. The Morgan fingerprint density at radius 3 is 2.51 bits per heavy atom. The summed E-state index contributed by atoms with van der Waals surface area (Å²) in [4.78, 5) is 41.9. The second-order valence-corrected chi connectivity index (χ2v) is 10.2. The highest BCUT2D eigenvalue weighted by Gasteiger charge is 2.35. The van der Waals surface area contributed by atoms with E-state index in [-0.39, 0.29) is 28.6 Å². The number of carbonyl (C=O) groups is 1. The number of carbonyl (C=O) groups excluding carboxylic acids is 1. The van der Waals surface area contributed by atoms with Crippen LogP contribution in [0.3, 0.4) is 0 Å². The molecule has 0 atom stereocenters. The highest BCUT2D eigenvalue weighted by molar-refractivity contribution is 6.05. The number of aryl methyl sites for hydroxylation is 1. The van der Waals surface area contributed by atoms with Crippen molar-refractivity contribution in [3.8, 4) is 22.6 Å². The molecule has 9 heteroatoms. The van der Waals surface area contributed by atoms with Crippen molar-refractivity contribution in [2.45, 2.75) is 44.9 Å². The fraction of sp³-hybridized carbons (Fsp3) is 0.393. The Morgan fingerprint density at radius 1 is 1.05 bits per heavy atom. The first kappa shape index (κ1) is 23.5. The number of rotatable bonds is 5. The number of likely N-dealkylation sites (tertiary alicyclic amines) is 1. The summed E-state index contributed by atoms with van der Waals surface area (Å²) in [5, 5.41) is 3.03. The van der Waals surface area contributed by atoms with Gasteiger partial charge in [0, 0.05) is 36.8 Å². The van der Waals surface area contributed by atoms with Crippen LogP contribution in [0.4, 0.5) is 4.39 Å². The molecule has 0 spiro atoms. The second kappa shape index (κ2) is 9.53. The Kier molecular flexibility index (Phi) is 6.06. The number of benzene rings is 1. The first-order valence-electron chi connectivity index (χ1n) is 12.9. The average Bonchev–Trinajstić information content (AvgIpc) is 3.29. The van der Waals surface area contributed by atoms with Gasteiger partial charge in [0.15, 0.2) is 5.65 Å². The van der Waals surface area contributed by atoms with Gasteiger partial charge in [-0.1, -0.05) is 43.5 Å². The second-order valence-electron chi connectivity index (χ2n) is 10.2. The monoisotopic (exact) mass is 500 g/mol. The molecule has 6 rings (SSSR count). The zero-order chi connectivity index (χ0) is 25.5. The van der Waals surface area contributed by atoms with Gasteiger partial charge >= 0.3 is 0 Å². The minimum Gasteiger partial charge on any atom is -0.338 e. The van der Waals surface area contributed by atoms with Crippen LogP contribution >= 0.6 is 0 Å². The average molecular weight is 501 g/mol. The fourth-order valence-electron chi connectivity index (χ4n) is 5.51. The molecule has 1 aliphatic heterocycles. The van der Waals surface area contributed by atoms with Gasteiger partial charge in [0.25, 0.3) is 11.5 Å². The van der Waals surface area contributed by atoms with E-state index in [9.17, 15) is 14.0 Å². The molecule has 8 nitrogen and oxygen atoms in total. The van der Waals surface area contributed by atoms with E-state index in [1.807, 2.05) is 12.1 Å². The van der Waals surface area contributed by atoms with E-state index in [1.54, 1.807) is 24.2 Å². The van der Waals surface area contributed by atoms with Crippen LogP contribution in [0, 0.1) is 12.8 Å². The van der Waals surface area contributed by atoms with Crippen molar-refractivity contribution in [2.75, 3.05) is 19.8 Å². The molecular weight excluding hydrogens is 471 g/mol. The molecule has 2 fully saturated rings. The van der Waals surface area contributed by atoms with Crippen molar-refractivity contribution in [1.29, 1.82) is 0 Å². The number of halogens is 1. The van der Waals surface area contributed by atoms with Gasteiger partial charge in [0.2, 0.25) is 0 Å². The van der Waals surface area contributed by atoms with Crippen LogP contribution in [0.5, 0.6) is 0 Å². The molecule has 1 aromatic carbocycles. The SMILES string of the molecule is Cc1cncc(-c2[nH]n3c(=O)cc(-c4ccc(C5CCCCC5)cc4)nc3c2C(=O)N2CC(CF)C2)n1. The molecule has 0 bridgehead atoms. The van der Waals surface area contributed by atoms with Crippen molar-refractivity contribution >= 4 is 11.6 Å². The third-order valence-corrected chi connectivity index (χ3v) is 7.59. The number of nitrogens with one attached hydrogen (secondary N) is 1. The van der Waals surface area contributed by atoms with Gasteiger partial charge in [-0.25, -0.2) is 14.5 Å². The zero-order valence-electron chi connectivity index (χ0n) is 20.8. The number of amides is 1. The summed E-state index contributed by atoms with van der Waals surface area (Å²) in [6, 6.07) is 9.74. The predicted octanol–water partition coefficient (Wildman–Crippen LogP) is 4.54. The van der Waals surface area contributed by atoms with E-state index in [0.717, 1.165) is 5.56 Å². The molecule has 1 saturated heterocycles. The molecule has 1 N–H and O–H groups in total. The highest BCUT2D eigenvalue weighted by atomic mass is 19.1. The maximum absolute atomic E-state index is 13.6. The number of nitrogens with zero attached hydrogens (tertiary/aromatic N) is 5. The van der Waals surface area contributed by atoms with Crippen LogP contribution in [-0.2, 0) is 0 Å². The predicted molar refractivity (Wildman–Crippen MR) is 138 cm³/mol. The molecule has 1 amide bonds. The van der Waals surface area contributed by atoms with Crippen molar-refractivity contribution in [2.24, 2.45) is 5.92 Å². The molecule has 4 aromatic rings. The van der Waals surface area contributed by atoms with E-state index in [4.69, 9.17) is 4.98 Å². The van der Waals surface area contributed by atoms with Gasteiger partial charge in [0.1, 0.15) is 11.3 Å². The van der Waals surface area contributed by atoms with Crippen LogP contribution in [0.25, 0.3) is 28.3 Å². The lowest BCUT2D eigenvalue weighted by Crippen LogP contribution is -2.50. The van der Waals surface area contributed by atoms with Gasteiger partial charge in [-0.3, -0.25) is 24.1 Å². The number of hydrogen-bond acceptors (Lipinski definition) is 5. The summed E-state index contributed by atoms with van der Waals surface area (Å²) < 4.78 is 14.4. The largest absolute Gasteiger partial charge is 0.338 e. The van der Waals surface area contributed by atoms with Gasteiger partial charge < -0.3 is 4.90 Å². The number of alkyl halides is 1. The van der Waals surface area contributed by atoms with E-state index in [0.29, 0.717) is 41.8 Å². The van der Waals surface area contributed by atoms with Crippen LogP contribution in [0.2, 0.25) is 0 Å². The molecule has 4 heterocycles.